The van der Waals surface area contributed by atoms with E-state index in [9.17, 15) is 22.8 Å². The first-order valence-electron chi connectivity index (χ1n) is 6.14. The molecule has 2 aromatic heterocycles. The molecule has 0 spiro atoms. The molecule has 2 aromatic rings. The number of halogens is 3. The molecule has 5 nitrogen and oxygen atoms in total. The minimum absolute atomic E-state index is 0.253. The Bertz CT molecular complexity index is 754. The summed E-state index contributed by atoms with van der Waals surface area (Å²) in [6.45, 7) is 0.0776. The quantitative estimate of drug-likeness (QED) is 0.677. The minimum atomic E-state index is -4.46. The molecule has 2 rings (SSSR count). The van der Waals surface area contributed by atoms with Gasteiger partial charge in [-0.25, -0.2) is 4.98 Å². The average Bonchev–Trinajstić information content (AvgIpc) is 2.89. The molecule has 1 N–H and O–H groups in total. The van der Waals surface area contributed by atoms with Crippen molar-refractivity contribution in [2.45, 2.75) is 23.5 Å². The van der Waals surface area contributed by atoms with Gasteiger partial charge in [-0.2, -0.15) is 13.2 Å². The third kappa shape index (κ3) is 3.80. The molecule has 120 valence electrons. The van der Waals surface area contributed by atoms with E-state index in [1.54, 1.807) is 11.4 Å². The number of nitrogens with zero attached hydrogens (tertiary/aromatic N) is 2. The number of aromatic nitrogens is 2. The van der Waals surface area contributed by atoms with Gasteiger partial charge in [0, 0.05) is 7.05 Å². The summed E-state index contributed by atoms with van der Waals surface area (Å²) in [6.07, 6.45) is -4.46. The first-order valence-corrected chi connectivity index (χ1v) is 7.90. The summed E-state index contributed by atoms with van der Waals surface area (Å²) in [5, 5.41) is 3.50. The number of fused-ring (bicyclic) bond motifs is 1. The summed E-state index contributed by atoms with van der Waals surface area (Å²) in [7, 11) is 1.51. The Balaban J connectivity index is 2.14. The van der Waals surface area contributed by atoms with Gasteiger partial charge in [0.1, 0.15) is 11.4 Å². The van der Waals surface area contributed by atoms with Gasteiger partial charge >= 0.3 is 6.18 Å². The van der Waals surface area contributed by atoms with Crippen molar-refractivity contribution < 1.29 is 18.0 Å². The molecular weight excluding hydrogens is 339 g/mol. The summed E-state index contributed by atoms with van der Waals surface area (Å²) in [4.78, 5) is 28.5. The predicted molar refractivity (Wildman–Crippen MR) is 79.2 cm³/mol. The summed E-state index contributed by atoms with van der Waals surface area (Å²) >= 11 is 2.23. The van der Waals surface area contributed by atoms with E-state index in [2.05, 4.69) is 4.98 Å². The van der Waals surface area contributed by atoms with Crippen molar-refractivity contribution in [3.63, 3.8) is 0 Å². The molecule has 0 bridgehead atoms. The molecule has 0 aliphatic heterocycles. The molecule has 1 atom stereocenters. The number of hydrogen-bond donors (Lipinski definition) is 1. The third-order valence-corrected chi connectivity index (χ3v) is 4.73. The Hall–Kier alpha value is -1.55. The number of rotatable bonds is 4. The number of nitrogens with one attached hydrogen (secondary N) is 1. The van der Waals surface area contributed by atoms with Crippen LogP contribution in [-0.2, 0) is 11.8 Å². The molecule has 22 heavy (non-hydrogen) atoms. The van der Waals surface area contributed by atoms with E-state index < -0.39 is 23.9 Å². The predicted octanol–water partition coefficient (Wildman–Crippen LogP) is 2.15. The summed E-state index contributed by atoms with van der Waals surface area (Å²) in [5.74, 6) is -0.761. The largest absolute Gasteiger partial charge is 0.405 e. The van der Waals surface area contributed by atoms with Crippen LogP contribution in [0.3, 0.4) is 0 Å². The van der Waals surface area contributed by atoms with Crippen LogP contribution < -0.4 is 10.9 Å². The van der Waals surface area contributed by atoms with Crippen LogP contribution in [0.15, 0.2) is 21.4 Å². The van der Waals surface area contributed by atoms with Crippen molar-refractivity contribution in [2.24, 2.45) is 7.05 Å². The maximum Gasteiger partial charge on any atom is 0.405 e. The SMILES string of the molecule is CC(Sc1nc2sccc2c(=O)n1C)C(=O)NCC(F)(F)F. The smallest absolute Gasteiger partial charge is 0.346 e. The number of carbonyl (C=O) groups excluding carboxylic acids is 1. The fraction of sp³-hybridized carbons (Fsp3) is 0.417. The molecule has 0 aliphatic carbocycles. The monoisotopic (exact) mass is 351 g/mol. The van der Waals surface area contributed by atoms with Crippen LogP contribution in [0.25, 0.3) is 10.2 Å². The number of thioether (sulfide) groups is 1. The summed E-state index contributed by atoms with van der Waals surface area (Å²) in [6, 6.07) is 1.66. The second-order valence-electron chi connectivity index (χ2n) is 4.49. The van der Waals surface area contributed by atoms with Gasteiger partial charge < -0.3 is 5.32 Å². The van der Waals surface area contributed by atoms with E-state index in [4.69, 9.17) is 0 Å². The fourth-order valence-corrected chi connectivity index (χ4v) is 3.33. The number of thiophene rings is 1. The van der Waals surface area contributed by atoms with E-state index in [1.807, 2.05) is 5.32 Å². The van der Waals surface area contributed by atoms with Crippen molar-refractivity contribution >= 4 is 39.2 Å². The summed E-state index contributed by atoms with van der Waals surface area (Å²) in [5.41, 5.74) is -0.253. The zero-order valence-corrected chi connectivity index (χ0v) is 13.2. The van der Waals surface area contributed by atoms with E-state index >= 15 is 0 Å². The molecule has 10 heteroatoms. The lowest BCUT2D eigenvalue weighted by atomic mass is 10.4. The van der Waals surface area contributed by atoms with Crippen molar-refractivity contribution in [2.75, 3.05) is 6.54 Å². The lowest BCUT2D eigenvalue weighted by molar-refractivity contribution is -0.137. The second-order valence-corrected chi connectivity index (χ2v) is 6.69. The highest BCUT2D eigenvalue weighted by molar-refractivity contribution is 8.00. The van der Waals surface area contributed by atoms with Gasteiger partial charge in [0.15, 0.2) is 5.16 Å². The van der Waals surface area contributed by atoms with Crippen LogP contribution in [-0.4, -0.2) is 33.4 Å². The fourth-order valence-electron chi connectivity index (χ4n) is 1.63. The van der Waals surface area contributed by atoms with Crippen molar-refractivity contribution in [3.8, 4) is 0 Å². The van der Waals surface area contributed by atoms with Crippen LogP contribution in [0, 0.1) is 0 Å². The summed E-state index contributed by atoms with van der Waals surface area (Å²) < 4.78 is 37.5. The van der Waals surface area contributed by atoms with E-state index in [1.165, 1.54) is 29.9 Å². The molecule has 0 saturated carbocycles. The normalized spacial score (nSPS) is 13.3. The zero-order valence-electron chi connectivity index (χ0n) is 11.6. The minimum Gasteiger partial charge on any atom is -0.346 e. The van der Waals surface area contributed by atoms with Crippen molar-refractivity contribution in [1.82, 2.24) is 14.9 Å². The van der Waals surface area contributed by atoms with Gasteiger partial charge in [-0.3, -0.25) is 14.2 Å². The molecule has 1 unspecified atom stereocenters. The number of hydrogen-bond acceptors (Lipinski definition) is 5. The van der Waals surface area contributed by atoms with Gasteiger partial charge in [-0.05, 0) is 18.4 Å². The standard InChI is InChI=1S/C12H12F3N3O2S2/c1-6(8(19)16-5-12(13,14)15)22-11-17-9-7(3-4-21-9)10(20)18(11)2/h3-4,6H,5H2,1-2H3,(H,16,19). The Morgan fingerprint density at radius 2 is 2.23 bits per heavy atom. The maximum absolute atomic E-state index is 12.1. The molecule has 0 aliphatic rings. The highest BCUT2D eigenvalue weighted by Gasteiger charge is 2.29. The molecule has 0 fully saturated rings. The number of amides is 1. The molecule has 2 heterocycles. The first kappa shape index (κ1) is 16.8. The topological polar surface area (TPSA) is 64.0 Å². The molecule has 0 radical (unpaired) electrons. The van der Waals surface area contributed by atoms with Gasteiger partial charge in [0.05, 0.1) is 10.6 Å². The second kappa shape index (κ2) is 6.29. The van der Waals surface area contributed by atoms with Crippen molar-refractivity contribution in [1.29, 1.82) is 0 Å². The van der Waals surface area contributed by atoms with Crippen LogP contribution in [0.1, 0.15) is 6.92 Å². The lowest BCUT2D eigenvalue weighted by Crippen LogP contribution is -2.38. The van der Waals surface area contributed by atoms with Crippen LogP contribution in [0.4, 0.5) is 13.2 Å². The highest BCUT2D eigenvalue weighted by atomic mass is 32.2. The average molecular weight is 351 g/mol. The van der Waals surface area contributed by atoms with E-state index in [0.29, 0.717) is 10.2 Å². The van der Waals surface area contributed by atoms with Crippen LogP contribution >= 0.6 is 23.1 Å². The lowest BCUT2D eigenvalue weighted by Gasteiger charge is -2.14. The molecular formula is C12H12F3N3O2S2. The van der Waals surface area contributed by atoms with E-state index in [0.717, 1.165) is 11.8 Å². The zero-order chi connectivity index (χ0) is 16.5. The number of alkyl halides is 3. The van der Waals surface area contributed by atoms with Gasteiger partial charge in [0.25, 0.3) is 5.56 Å². The van der Waals surface area contributed by atoms with Gasteiger partial charge in [0.2, 0.25) is 5.91 Å². The van der Waals surface area contributed by atoms with Gasteiger partial charge in [-0.15, -0.1) is 11.3 Å². The van der Waals surface area contributed by atoms with Crippen LogP contribution in [0.2, 0.25) is 0 Å². The highest BCUT2D eigenvalue weighted by Crippen LogP contribution is 2.24. The van der Waals surface area contributed by atoms with Gasteiger partial charge in [-0.1, -0.05) is 11.8 Å². The van der Waals surface area contributed by atoms with E-state index in [-0.39, 0.29) is 10.7 Å². The Kier molecular flexibility index (Phi) is 4.81. The number of carbonyl (C=O) groups is 1. The third-order valence-electron chi connectivity index (χ3n) is 2.78. The molecule has 1 amide bonds. The molecule has 0 aromatic carbocycles. The Morgan fingerprint density at radius 3 is 2.86 bits per heavy atom. The molecule has 0 saturated heterocycles. The Labute approximate surface area is 131 Å². The first-order chi connectivity index (χ1) is 10.2. The van der Waals surface area contributed by atoms with Crippen LogP contribution in [0.5, 0.6) is 0 Å². The maximum atomic E-state index is 12.1. The Morgan fingerprint density at radius 1 is 1.55 bits per heavy atom. The van der Waals surface area contributed by atoms with Crippen molar-refractivity contribution in [3.05, 3.63) is 21.8 Å².